The Balaban J connectivity index is 2.03. The summed E-state index contributed by atoms with van der Waals surface area (Å²) in [5.74, 6) is -0.257. The first-order valence-electron chi connectivity index (χ1n) is 7.62. The number of aromatic nitrogens is 4. The first-order valence-corrected chi connectivity index (χ1v) is 7.62. The summed E-state index contributed by atoms with van der Waals surface area (Å²) in [7, 11) is 0. The minimum Gasteiger partial charge on any atom is -0.394 e. The molecule has 1 unspecified atom stereocenters. The lowest BCUT2D eigenvalue weighted by Gasteiger charge is -2.22. The molecule has 124 valence electrons. The molecule has 2 aromatic heterocycles. The van der Waals surface area contributed by atoms with Gasteiger partial charge in [-0.15, -0.1) is 5.10 Å². The Morgan fingerprint density at radius 3 is 2.78 bits per heavy atom. The molecule has 2 N–H and O–H groups in total. The highest BCUT2D eigenvalue weighted by molar-refractivity contribution is 5.94. The van der Waals surface area contributed by atoms with Crippen LogP contribution in [0.25, 0.3) is 5.69 Å². The second-order valence-electron chi connectivity index (χ2n) is 6.73. The van der Waals surface area contributed by atoms with Crippen LogP contribution >= 0.6 is 0 Å². The molecule has 7 nitrogen and oxygen atoms in total. The van der Waals surface area contributed by atoms with Gasteiger partial charge >= 0.3 is 0 Å². The average molecular weight is 317 g/mol. The van der Waals surface area contributed by atoms with Crippen molar-refractivity contribution in [3.8, 4) is 5.69 Å². The van der Waals surface area contributed by atoms with Crippen LogP contribution in [0, 0.1) is 5.41 Å². The molecule has 0 saturated carbocycles. The number of hydrogen-bond donors (Lipinski definition) is 2. The Bertz CT molecular complexity index is 634. The molecule has 1 atom stereocenters. The topological polar surface area (TPSA) is 92.9 Å². The number of pyridine rings is 1. The number of hydrogen-bond acceptors (Lipinski definition) is 5. The van der Waals surface area contributed by atoms with Crippen LogP contribution in [0.1, 0.15) is 44.0 Å². The molecular formula is C16H23N5O2. The van der Waals surface area contributed by atoms with E-state index in [0.29, 0.717) is 11.3 Å². The predicted octanol–water partition coefficient (Wildman–Crippen LogP) is 1.58. The molecule has 0 aliphatic rings. The first kappa shape index (κ1) is 17.1. The highest BCUT2D eigenvalue weighted by atomic mass is 16.3. The third kappa shape index (κ3) is 5.14. The molecule has 0 fully saturated rings. The molecule has 7 heteroatoms. The van der Waals surface area contributed by atoms with Gasteiger partial charge in [0.1, 0.15) is 0 Å². The van der Waals surface area contributed by atoms with E-state index in [2.05, 4.69) is 41.4 Å². The van der Waals surface area contributed by atoms with E-state index in [-0.39, 0.29) is 24.0 Å². The van der Waals surface area contributed by atoms with Crippen LogP contribution in [0.5, 0.6) is 0 Å². The Morgan fingerprint density at radius 2 is 2.17 bits per heavy atom. The second kappa shape index (κ2) is 7.32. The molecule has 2 heterocycles. The molecule has 2 aromatic rings. The normalized spacial score (nSPS) is 12.9. The molecule has 0 aliphatic carbocycles. The summed E-state index contributed by atoms with van der Waals surface area (Å²) in [5.41, 5.74) is 1.24. The molecule has 1 amide bonds. The van der Waals surface area contributed by atoms with Crippen molar-refractivity contribution in [2.45, 2.75) is 39.7 Å². The average Bonchev–Trinajstić information content (AvgIpc) is 3.05. The number of nitrogens with one attached hydrogen (secondary N) is 1. The molecule has 0 saturated heterocycles. The van der Waals surface area contributed by atoms with Crippen LogP contribution in [0.2, 0.25) is 0 Å². The summed E-state index contributed by atoms with van der Waals surface area (Å²) in [4.78, 5) is 16.4. The highest BCUT2D eigenvalue weighted by Crippen LogP contribution is 2.21. The lowest BCUT2D eigenvalue weighted by Crippen LogP contribution is -2.38. The van der Waals surface area contributed by atoms with Gasteiger partial charge in [-0.25, -0.2) is 4.68 Å². The van der Waals surface area contributed by atoms with Crippen LogP contribution in [0.4, 0.5) is 0 Å². The number of aliphatic hydroxyl groups excluding tert-OH is 1. The molecule has 23 heavy (non-hydrogen) atoms. The largest absolute Gasteiger partial charge is 0.394 e. The van der Waals surface area contributed by atoms with Gasteiger partial charge in [-0.05, 0) is 24.3 Å². The van der Waals surface area contributed by atoms with Crippen molar-refractivity contribution in [3.63, 3.8) is 0 Å². The van der Waals surface area contributed by atoms with E-state index in [1.165, 1.54) is 10.9 Å². The van der Waals surface area contributed by atoms with Crippen LogP contribution in [0.15, 0.2) is 30.9 Å². The third-order valence-electron chi connectivity index (χ3n) is 3.47. The fourth-order valence-electron chi connectivity index (χ4n) is 2.11. The summed E-state index contributed by atoms with van der Waals surface area (Å²) in [6.45, 7) is 6.32. The maximum atomic E-state index is 12.4. The van der Waals surface area contributed by atoms with Crippen molar-refractivity contribution in [3.05, 3.63) is 36.4 Å². The van der Waals surface area contributed by atoms with Gasteiger partial charge in [0.25, 0.3) is 5.91 Å². The van der Waals surface area contributed by atoms with Gasteiger partial charge in [-0.1, -0.05) is 26.0 Å². The van der Waals surface area contributed by atoms with E-state index in [0.717, 1.165) is 12.8 Å². The fourth-order valence-corrected chi connectivity index (χ4v) is 2.11. The van der Waals surface area contributed by atoms with Crippen molar-refractivity contribution >= 4 is 5.91 Å². The van der Waals surface area contributed by atoms with E-state index < -0.39 is 0 Å². The zero-order chi connectivity index (χ0) is 16.9. The van der Waals surface area contributed by atoms with Crippen LogP contribution < -0.4 is 5.32 Å². The summed E-state index contributed by atoms with van der Waals surface area (Å²) in [6, 6.07) is 1.42. The van der Waals surface area contributed by atoms with Crippen molar-refractivity contribution < 1.29 is 9.90 Å². The molecule has 2 rings (SSSR count). The molecular weight excluding hydrogens is 294 g/mol. The number of nitrogens with zero attached hydrogens (tertiary/aromatic N) is 4. The molecule has 0 radical (unpaired) electrons. The van der Waals surface area contributed by atoms with Crippen molar-refractivity contribution in [1.82, 2.24) is 25.3 Å². The third-order valence-corrected chi connectivity index (χ3v) is 3.47. The van der Waals surface area contributed by atoms with Gasteiger partial charge in [-0.3, -0.25) is 9.78 Å². The number of amides is 1. The summed E-state index contributed by atoms with van der Waals surface area (Å²) >= 11 is 0. The molecule has 0 aliphatic heterocycles. The van der Waals surface area contributed by atoms with Gasteiger partial charge in [0, 0.05) is 6.20 Å². The van der Waals surface area contributed by atoms with Gasteiger partial charge in [0.15, 0.2) is 0 Å². The van der Waals surface area contributed by atoms with Gasteiger partial charge in [0.2, 0.25) is 0 Å². The first-order chi connectivity index (χ1) is 10.9. The quantitative estimate of drug-likeness (QED) is 0.844. The number of aliphatic hydroxyl groups is 1. The van der Waals surface area contributed by atoms with Crippen molar-refractivity contribution in [1.29, 1.82) is 0 Å². The molecule has 0 aromatic carbocycles. The molecule has 0 bridgehead atoms. The number of rotatable bonds is 6. The van der Waals surface area contributed by atoms with E-state index in [4.69, 9.17) is 0 Å². The minimum atomic E-state index is -0.267. The molecule has 0 spiro atoms. The van der Waals surface area contributed by atoms with Crippen LogP contribution in [-0.2, 0) is 0 Å². The summed E-state index contributed by atoms with van der Waals surface area (Å²) < 4.78 is 1.53. The SMILES string of the molecule is CC(C)(C)CCC(CO)NC(=O)c1cncc(-n2ccnn2)c1. The van der Waals surface area contributed by atoms with E-state index in [1.807, 2.05) is 0 Å². The van der Waals surface area contributed by atoms with E-state index in [1.54, 1.807) is 24.7 Å². The van der Waals surface area contributed by atoms with Crippen molar-refractivity contribution in [2.75, 3.05) is 6.61 Å². The Hall–Kier alpha value is -2.28. The zero-order valence-corrected chi connectivity index (χ0v) is 13.7. The van der Waals surface area contributed by atoms with Gasteiger partial charge in [0.05, 0.1) is 42.5 Å². The van der Waals surface area contributed by atoms with Gasteiger partial charge < -0.3 is 10.4 Å². The lowest BCUT2D eigenvalue weighted by atomic mass is 9.89. The maximum absolute atomic E-state index is 12.4. The van der Waals surface area contributed by atoms with Crippen LogP contribution in [0.3, 0.4) is 0 Å². The summed E-state index contributed by atoms with van der Waals surface area (Å²) in [6.07, 6.45) is 7.97. The number of carbonyl (C=O) groups is 1. The van der Waals surface area contributed by atoms with E-state index >= 15 is 0 Å². The highest BCUT2D eigenvalue weighted by Gasteiger charge is 2.18. The Kier molecular flexibility index (Phi) is 5.44. The fraction of sp³-hybridized carbons (Fsp3) is 0.500. The standard InChI is InChI=1S/C16H23N5O2/c1-16(2,3)5-4-13(11-22)19-15(23)12-8-14(10-17-9-12)21-7-6-18-20-21/h6-10,13,22H,4-5,11H2,1-3H3,(H,19,23). The second-order valence-corrected chi connectivity index (χ2v) is 6.73. The summed E-state index contributed by atoms with van der Waals surface area (Å²) in [5, 5.41) is 19.9. The van der Waals surface area contributed by atoms with Crippen molar-refractivity contribution in [2.24, 2.45) is 5.41 Å². The Labute approximate surface area is 135 Å². The smallest absolute Gasteiger partial charge is 0.253 e. The number of carbonyl (C=O) groups excluding carboxylic acids is 1. The lowest BCUT2D eigenvalue weighted by molar-refractivity contribution is 0.0907. The minimum absolute atomic E-state index is 0.0853. The zero-order valence-electron chi connectivity index (χ0n) is 13.7. The van der Waals surface area contributed by atoms with Crippen LogP contribution in [-0.4, -0.2) is 43.6 Å². The maximum Gasteiger partial charge on any atom is 0.253 e. The van der Waals surface area contributed by atoms with Gasteiger partial charge in [-0.2, -0.15) is 0 Å². The Morgan fingerprint density at radius 1 is 1.39 bits per heavy atom. The predicted molar refractivity (Wildman–Crippen MR) is 86.2 cm³/mol. The monoisotopic (exact) mass is 317 g/mol. The van der Waals surface area contributed by atoms with E-state index in [9.17, 15) is 9.90 Å².